The van der Waals surface area contributed by atoms with Crippen molar-refractivity contribution in [3.63, 3.8) is 0 Å². The van der Waals surface area contributed by atoms with E-state index in [2.05, 4.69) is 4.72 Å². The molecule has 1 heterocycles. The summed E-state index contributed by atoms with van der Waals surface area (Å²) in [6.45, 7) is -0.0101. The third-order valence-corrected chi connectivity index (χ3v) is 5.14. The lowest BCUT2D eigenvalue weighted by molar-refractivity contribution is 0.155. The summed E-state index contributed by atoms with van der Waals surface area (Å²) in [6.07, 6.45) is 1.21. The molecule has 1 fully saturated rings. The number of aliphatic hydroxyl groups excluding tert-OH is 1. The fraction of sp³-hybridized carbons (Fsp3) is 0.462. The molecule has 1 aliphatic carbocycles. The standard InChI is InChI=1S/C13H16N2O5S/c1-15-10-5-4-9(6-12(10)20-13(15)17)21(18,19)14-7-11(16)8-2-3-8/h4-6,8,11,14,16H,2-3,7H2,1H3. The van der Waals surface area contributed by atoms with Gasteiger partial charge in [-0.15, -0.1) is 0 Å². The van der Waals surface area contributed by atoms with Crippen LogP contribution in [0.2, 0.25) is 0 Å². The second-order valence-corrected chi connectivity index (χ2v) is 7.08. The molecule has 21 heavy (non-hydrogen) atoms. The van der Waals surface area contributed by atoms with Crippen molar-refractivity contribution in [2.45, 2.75) is 23.8 Å². The molecule has 0 spiro atoms. The lowest BCUT2D eigenvalue weighted by Crippen LogP contribution is -2.33. The molecule has 3 rings (SSSR count). The van der Waals surface area contributed by atoms with E-state index in [9.17, 15) is 18.3 Å². The van der Waals surface area contributed by atoms with Crippen LogP contribution >= 0.6 is 0 Å². The van der Waals surface area contributed by atoms with Gasteiger partial charge in [-0.05, 0) is 30.9 Å². The molecule has 1 aliphatic rings. The fourth-order valence-corrected chi connectivity index (χ4v) is 3.27. The van der Waals surface area contributed by atoms with Crippen molar-refractivity contribution in [3.05, 3.63) is 28.7 Å². The SMILES string of the molecule is Cn1c(=O)oc2cc(S(=O)(=O)NCC(O)C3CC3)ccc21. The molecule has 2 aromatic rings. The van der Waals surface area contributed by atoms with Crippen LogP contribution in [0.3, 0.4) is 0 Å². The summed E-state index contributed by atoms with van der Waals surface area (Å²) in [5.41, 5.74) is 0.741. The van der Waals surface area contributed by atoms with E-state index in [1.165, 1.54) is 22.8 Å². The first-order valence-electron chi connectivity index (χ1n) is 6.66. The zero-order chi connectivity index (χ0) is 15.2. The Hall–Kier alpha value is -1.64. The highest BCUT2D eigenvalue weighted by atomic mass is 32.2. The summed E-state index contributed by atoms with van der Waals surface area (Å²) in [6, 6.07) is 4.23. The first-order chi connectivity index (χ1) is 9.88. The molecule has 114 valence electrons. The smallest absolute Gasteiger partial charge is 0.408 e. The minimum atomic E-state index is -3.74. The number of aliphatic hydroxyl groups is 1. The minimum Gasteiger partial charge on any atom is -0.408 e. The van der Waals surface area contributed by atoms with Gasteiger partial charge in [-0.2, -0.15) is 0 Å². The Morgan fingerprint density at radius 3 is 2.86 bits per heavy atom. The van der Waals surface area contributed by atoms with E-state index in [-0.39, 0.29) is 22.9 Å². The summed E-state index contributed by atoms with van der Waals surface area (Å²) < 4.78 is 33.0. The van der Waals surface area contributed by atoms with Crippen LogP contribution in [-0.2, 0) is 17.1 Å². The molecule has 8 heteroatoms. The number of sulfonamides is 1. The minimum absolute atomic E-state index is 0.00680. The Morgan fingerprint density at radius 2 is 2.19 bits per heavy atom. The van der Waals surface area contributed by atoms with Crippen LogP contribution in [0.5, 0.6) is 0 Å². The van der Waals surface area contributed by atoms with Gasteiger partial charge < -0.3 is 9.52 Å². The molecule has 0 bridgehead atoms. The Kier molecular flexibility index (Phi) is 3.39. The maximum Gasteiger partial charge on any atom is 0.419 e. The van der Waals surface area contributed by atoms with Crippen molar-refractivity contribution in [1.82, 2.24) is 9.29 Å². The lowest BCUT2D eigenvalue weighted by Gasteiger charge is -2.11. The van der Waals surface area contributed by atoms with Gasteiger partial charge in [-0.25, -0.2) is 17.9 Å². The summed E-state index contributed by atoms with van der Waals surface area (Å²) in [5, 5.41) is 9.72. The number of rotatable bonds is 5. The van der Waals surface area contributed by atoms with Crippen molar-refractivity contribution in [2.75, 3.05) is 6.54 Å². The molecular weight excluding hydrogens is 296 g/mol. The van der Waals surface area contributed by atoms with Crippen molar-refractivity contribution in [3.8, 4) is 0 Å². The van der Waals surface area contributed by atoms with Crippen molar-refractivity contribution in [1.29, 1.82) is 0 Å². The molecule has 1 saturated carbocycles. The number of hydrogen-bond acceptors (Lipinski definition) is 5. The normalized spacial score (nSPS) is 17.2. The van der Waals surface area contributed by atoms with E-state index in [0.717, 1.165) is 12.8 Å². The molecule has 2 N–H and O–H groups in total. The first kappa shape index (κ1) is 14.3. The molecule has 1 atom stereocenters. The van der Waals surface area contributed by atoms with Gasteiger partial charge in [0, 0.05) is 19.7 Å². The molecule has 7 nitrogen and oxygen atoms in total. The van der Waals surface area contributed by atoms with Crippen molar-refractivity contribution >= 4 is 21.1 Å². The zero-order valence-electron chi connectivity index (χ0n) is 11.4. The zero-order valence-corrected chi connectivity index (χ0v) is 12.3. The average molecular weight is 312 g/mol. The van der Waals surface area contributed by atoms with E-state index >= 15 is 0 Å². The maximum atomic E-state index is 12.2. The van der Waals surface area contributed by atoms with Gasteiger partial charge in [-0.3, -0.25) is 4.57 Å². The number of nitrogens with one attached hydrogen (secondary N) is 1. The Bertz CT molecular complexity index is 832. The Morgan fingerprint density at radius 1 is 1.48 bits per heavy atom. The van der Waals surface area contributed by atoms with Gasteiger partial charge >= 0.3 is 5.76 Å². The number of nitrogens with zero attached hydrogens (tertiary/aromatic N) is 1. The molecule has 0 aliphatic heterocycles. The van der Waals surface area contributed by atoms with Gasteiger partial charge in [-0.1, -0.05) is 0 Å². The van der Waals surface area contributed by atoms with E-state index in [0.29, 0.717) is 5.52 Å². The topological polar surface area (TPSA) is 102 Å². The number of aryl methyl sites for hydroxylation is 1. The summed E-state index contributed by atoms with van der Waals surface area (Å²) in [5.74, 6) is -0.348. The molecule has 1 aromatic heterocycles. The van der Waals surface area contributed by atoms with Crippen molar-refractivity contribution < 1.29 is 17.9 Å². The van der Waals surface area contributed by atoms with Gasteiger partial charge in [0.1, 0.15) is 0 Å². The predicted octanol–water partition coefficient (Wildman–Crippen LogP) is 0.181. The number of hydrogen-bond donors (Lipinski definition) is 2. The number of oxazole rings is 1. The average Bonchev–Trinajstić information content (AvgIpc) is 3.24. The predicted molar refractivity (Wildman–Crippen MR) is 75.4 cm³/mol. The molecule has 0 radical (unpaired) electrons. The largest absolute Gasteiger partial charge is 0.419 e. The quantitative estimate of drug-likeness (QED) is 0.820. The van der Waals surface area contributed by atoms with Gasteiger partial charge in [0.05, 0.1) is 16.5 Å². The maximum absolute atomic E-state index is 12.2. The van der Waals surface area contributed by atoms with Gasteiger partial charge in [0.15, 0.2) is 5.58 Å². The lowest BCUT2D eigenvalue weighted by atomic mass is 10.2. The van der Waals surface area contributed by atoms with Crippen LogP contribution in [0.1, 0.15) is 12.8 Å². The van der Waals surface area contributed by atoms with E-state index in [1.807, 2.05) is 0 Å². The molecular formula is C13H16N2O5S. The highest BCUT2D eigenvalue weighted by Gasteiger charge is 2.30. The van der Waals surface area contributed by atoms with Crippen LogP contribution in [0, 0.1) is 5.92 Å². The first-order valence-corrected chi connectivity index (χ1v) is 8.14. The highest BCUT2D eigenvalue weighted by Crippen LogP contribution is 2.32. The summed E-state index contributed by atoms with van der Waals surface area (Å²) in [4.78, 5) is 11.4. The van der Waals surface area contributed by atoms with E-state index < -0.39 is 21.9 Å². The van der Waals surface area contributed by atoms with Crippen LogP contribution in [0.15, 0.2) is 32.3 Å². The van der Waals surface area contributed by atoms with Crippen LogP contribution in [0.4, 0.5) is 0 Å². The van der Waals surface area contributed by atoms with Crippen LogP contribution in [-0.4, -0.2) is 30.7 Å². The molecule has 1 unspecified atom stereocenters. The second-order valence-electron chi connectivity index (χ2n) is 5.31. The monoisotopic (exact) mass is 312 g/mol. The van der Waals surface area contributed by atoms with Crippen LogP contribution in [0.25, 0.3) is 11.1 Å². The Labute approximate surface area is 121 Å². The molecule has 1 aromatic carbocycles. The molecule has 0 saturated heterocycles. The summed E-state index contributed by atoms with van der Waals surface area (Å²) in [7, 11) is -2.19. The van der Waals surface area contributed by atoms with Gasteiger partial charge in [0.2, 0.25) is 10.0 Å². The van der Waals surface area contributed by atoms with Crippen molar-refractivity contribution in [2.24, 2.45) is 13.0 Å². The van der Waals surface area contributed by atoms with E-state index in [1.54, 1.807) is 7.05 Å². The van der Waals surface area contributed by atoms with E-state index in [4.69, 9.17) is 4.42 Å². The summed E-state index contributed by atoms with van der Waals surface area (Å²) >= 11 is 0. The third kappa shape index (κ3) is 2.74. The third-order valence-electron chi connectivity index (χ3n) is 3.72. The second kappa shape index (κ2) is 4.97. The number of fused-ring (bicyclic) bond motifs is 1. The molecule has 0 amide bonds. The fourth-order valence-electron chi connectivity index (χ4n) is 2.21. The van der Waals surface area contributed by atoms with Crippen LogP contribution < -0.4 is 10.5 Å². The Balaban J connectivity index is 1.85. The number of aromatic nitrogens is 1. The highest BCUT2D eigenvalue weighted by molar-refractivity contribution is 7.89. The van der Waals surface area contributed by atoms with Gasteiger partial charge in [0.25, 0.3) is 0 Å². The number of benzene rings is 1.